The van der Waals surface area contributed by atoms with E-state index in [-0.39, 0.29) is 11.5 Å². The maximum absolute atomic E-state index is 11.6. The fourth-order valence-corrected chi connectivity index (χ4v) is 1.21. The predicted molar refractivity (Wildman–Crippen MR) is 52.2 cm³/mol. The highest BCUT2D eigenvalue weighted by atomic mass is 16.6. The Balaban J connectivity index is 2.77. The van der Waals surface area contributed by atoms with Crippen molar-refractivity contribution in [2.24, 2.45) is 0 Å². The van der Waals surface area contributed by atoms with Gasteiger partial charge in [-0.05, 0) is 19.1 Å². The first-order chi connectivity index (χ1) is 7.24. The van der Waals surface area contributed by atoms with Gasteiger partial charge in [-0.15, -0.1) is 0 Å². The minimum absolute atomic E-state index is 0.114. The van der Waals surface area contributed by atoms with Crippen molar-refractivity contribution in [2.75, 3.05) is 6.61 Å². The van der Waals surface area contributed by atoms with E-state index in [1.807, 2.05) is 0 Å². The lowest BCUT2D eigenvalue weighted by molar-refractivity contribution is 0.126. The molecule has 0 fully saturated rings. The Morgan fingerprint density at radius 3 is 3.13 bits per heavy atom. The molecule has 0 aliphatic carbocycles. The molecule has 0 radical (unpaired) electrons. The van der Waals surface area contributed by atoms with Crippen LogP contribution in [-0.4, -0.2) is 26.5 Å². The van der Waals surface area contributed by atoms with Gasteiger partial charge in [0.15, 0.2) is 5.52 Å². The van der Waals surface area contributed by atoms with Gasteiger partial charge < -0.3 is 9.94 Å². The van der Waals surface area contributed by atoms with Crippen LogP contribution in [0.2, 0.25) is 0 Å². The van der Waals surface area contributed by atoms with Crippen molar-refractivity contribution in [3.05, 3.63) is 28.7 Å². The van der Waals surface area contributed by atoms with Gasteiger partial charge in [-0.1, -0.05) is 4.73 Å². The lowest BCUT2D eigenvalue weighted by Gasteiger charge is -2.06. The number of aromatic nitrogens is 3. The van der Waals surface area contributed by atoms with Crippen LogP contribution in [0.5, 0.6) is 6.01 Å². The molecule has 15 heavy (non-hydrogen) atoms. The summed E-state index contributed by atoms with van der Waals surface area (Å²) < 4.78 is 5.36. The molecule has 2 aromatic heterocycles. The number of nitrogens with zero attached hydrogens (tertiary/aromatic N) is 3. The van der Waals surface area contributed by atoms with Crippen LogP contribution in [0.3, 0.4) is 0 Å². The first-order valence-corrected chi connectivity index (χ1v) is 4.44. The molecule has 0 spiro atoms. The SMILES string of the molecule is CCOc1nc2cccnc2c(=O)n1O. The highest BCUT2D eigenvalue weighted by Crippen LogP contribution is 2.08. The normalized spacial score (nSPS) is 10.5. The van der Waals surface area contributed by atoms with Crippen molar-refractivity contribution in [1.29, 1.82) is 0 Å². The predicted octanol–water partition coefficient (Wildman–Crippen LogP) is 0.427. The van der Waals surface area contributed by atoms with E-state index in [0.717, 1.165) is 0 Å². The molecule has 0 bridgehead atoms. The second kappa shape index (κ2) is 3.56. The van der Waals surface area contributed by atoms with E-state index >= 15 is 0 Å². The maximum atomic E-state index is 11.6. The molecule has 0 aliphatic heterocycles. The zero-order valence-corrected chi connectivity index (χ0v) is 8.04. The second-order valence-electron chi connectivity index (χ2n) is 2.82. The third-order valence-corrected chi connectivity index (χ3v) is 1.85. The van der Waals surface area contributed by atoms with Gasteiger partial charge in [0.25, 0.3) is 0 Å². The molecular formula is C9H9N3O3. The van der Waals surface area contributed by atoms with Crippen LogP contribution in [0.4, 0.5) is 0 Å². The minimum atomic E-state index is -0.635. The van der Waals surface area contributed by atoms with E-state index in [1.54, 1.807) is 19.1 Å². The fraction of sp³-hybridized carbons (Fsp3) is 0.222. The van der Waals surface area contributed by atoms with Gasteiger partial charge in [0.1, 0.15) is 5.52 Å². The standard InChI is InChI=1S/C9H9N3O3/c1-2-15-9-11-6-4-3-5-10-7(6)8(13)12(9)14/h3-5,14H,2H2,1H3. The first-order valence-electron chi connectivity index (χ1n) is 4.44. The molecule has 2 heterocycles. The molecule has 0 atom stereocenters. The first kappa shape index (κ1) is 9.45. The number of fused-ring (bicyclic) bond motifs is 1. The summed E-state index contributed by atoms with van der Waals surface area (Å²) in [6.45, 7) is 2.05. The third kappa shape index (κ3) is 1.50. The van der Waals surface area contributed by atoms with Crippen molar-refractivity contribution in [3.63, 3.8) is 0 Å². The zero-order valence-electron chi connectivity index (χ0n) is 8.04. The minimum Gasteiger partial charge on any atom is -0.463 e. The Morgan fingerprint density at radius 1 is 1.60 bits per heavy atom. The molecule has 0 aromatic carbocycles. The average molecular weight is 207 g/mol. The maximum Gasteiger partial charge on any atom is 0.334 e. The summed E-state index contributed by atoms with van der Waals surface area (Å²) in [4.78, 5) is 19.3. The van der Waals surface area contributed by atoms with Gasteiger partial charge in [-0.25, -0.2) is 4.98 Å². The van der Waals surface area contributed by atoms with Crippen molar-refractivity contribution in [2.45, 2.75) is 6.92 Å². The number of hydrogen-bond donors (Lipinski definition) is 1. The molecule has 1 N–H and O–H groups in total. The highest BCUT2D eigenvalue weighted by Gasteiger charge is 2.10. The topological polar surface area (TPSA) is 77.2 Å². The molecule has 0 aliphatic rings. The Kier molecular flexibility index (Phi) is 2.24. The lowest BCUT2D eigenvalue weighted by Crippen LogP contribution is -2.22. The molecule has 0 amide bonds. The van der Waals surface area contributed by atoms with Crippen LogP contribution in [-0.2, 0) is 0 Å². The van der Waals surface area contributed by atoms with Gasteiger partial charge in [0.2, 0.25) is 0 Å². The van der Waals surface area contributed by atoms with Gasteiger partial charge in [-0.2, -0.15) is 4.98 Å². The van der Waals surface area contributed by atoms with E-state index in [9.17, 15) is 10.0 Å². The van der Waals surface area contributed by atoms with E-state index in [4.69, 9.17) is 4.74 Å². The molecule has 0 saturated heterocycles. The van der Waals surface area contributed by atoms with Crippen molar-refractivity contribution in [1.82, 2.24) is 14.7 Å². The summed E-state index contributed by atoms with van der Waals surface area (Å²) in [7, 11) is 0. The second-order valence-corrected chi connectivity index (χ2v) is 2.82. The Bertz CT molecular complexity index is 550. The number of ether oxygens (including phenoxy) is 1. The molecule has 6 nitrogen and oxygen atoms in total. The molecule has 0 unspecified atom stereocenters. The van der Waals surface area contributed by atoms with Gasteiger partial charge in [-0.3, -0.25) is 4.79 Å². The summed E-state index contributed by atoms with van der Waals surface area (Å²) in [6, 6.07) is 3.17. The Labute approximate surface area is 84.7 Å². The van der Waals surface area contributed by atoms with Crippen LogP contribution in [0.15, 0.2) is 23.1 Å². The van der Waals surface area contributed by atoms with Crippen molar-refractivity contribution in [3.8, 4) is 6.01 Å². The Hall–Kier alpha value is -2.11. The molecule has 0 saturated carbocycles. The van der Waals surface area contributed by atoms with Crippen LogP contribution in [0.25, 0.3) is 11.0 Å². The van der Waals surface area contributed by atoms with Crippen LogP contribution in [0, 0.1) is 0 Å². The summed E-state index contributed by atoms with van der Waals surface area (Å²) in [5.41, 5.74) is -0.122. The number of hydrogen-bond acceptors (Lipinski definition) is 5. The molecular weight excluding hydrogens is 198 g/mol. The summed E-state index contributed by atoms with van der Waals surface area (Å²) in [6.07, 6.45) is 1.46. The fourth-order valence-electron chi connectivity index (χ4n) is 1.21. The molecule has 2 aromatic rings. The van der Waals surface area contributed by atoms with Crippen molar-refractivity contribution < 1.29 is 9.94 Å². The quantitative estimate of drug-likeness (QED) is 0.722. The summed E-state index contributed by atoms with van der Waals surface area (Å²) in [5, 5.41) is 9.40. The van der Waals surface area contributed by atoms with Gasteiger partial charge >= 0.3 is 11.6 Å². The van der Waals surface area contributed by atoms with E-state index in [2.05, 4.69) is 9.97 Å². The average Bonchev–Trinajstić information content (AvgIpc) is 2.26. The van der Waals surface area contributed by atoms with Gasteiger partial charge in [0, 0.05) is 6.20 Å². The highest BCUT2D eigenvalue weighted by molar-refractivity contribution is 5.72. The molecule has 78 valence electrons. The smallest absolute Gasteiger partial charge is 0.334 e. The third-order valence-electron chi connectivity index (χ3n) is 1.85. The zero-order chi connectivity index (χ0) is 10.8. The lowest BCUT2D eigenvalue weighted by atomic mass is 10.4. The number of rotatable bonds is 2. The van der Waals surface area contributed by atoms with Crippen molar-refractivity contribution >= 4 is 11.0 Å². The monoisotopic (exact) mass is 207 g/mol. The Morgan fingerprint density at radius 2 is 2.40 bits per heavy atom. The van der Waals surface area contributed by atoms with E-state index in [1.165, 1.54) is 6.20 Å². The molecule has 2 rings (SSSR count). The van der Waals surface area contributed by atoms with E-state index in [0.29, 0.717) is 16.9 Å². The number of pyridine rings is 1. The molecule has 6 heteroatoms. The summed E-state index contributed by atoms with van der Waals surface area (Å²) in [5.74, 6) is 0. The summed E-state index contributed by atoms with van der Waals surface area (Å²) >= 11 is 0. The van der Waals surface area contributed by atoms with Gasteiger partial charge in [0.05, 0.1) is 6.61 Å². The van der Waals surface area contributed by atoms with E-state index < -0.39 is 5.56 Å². The van der Waals surface area contributed by atoms with Crippen LogP contribution in [0.1, 0.15) is 6.92 Å². The largest absolute Gasteiger partial charge is 0.463 e. The van der Waals surface area contributed by atoms with Crippen LogP contribution < -0.4 is 10.3 Å². The van der Waals surface area contributed by atoms with Crippen LogP contribution >= 0.6 is 0 Å².